The fraction of sp³-hybridized carbons (Fsp3) is 0.826. The molecule has 1 saturated carbocycles. The van der Waals surface area contributed by atoms with Gasteiger partial charge in [-0.1, -0.05) is 27.7 Å². The molecule has 2 fully saturated rings. The maximum atomic E-state index is 12.2. The first kappa shape index (κ1) is 20.6. The van der Waals surface area contributed by atoms with Crippen LogP contribution in [0.15, 0.2) is 12.4 Å². The zero-order valence-electron chi connectivity index (χ0n) is 17.9. The fourth-order valence-corrected chi connectivity index (χ4v) is 4.83. The number of piperidine rings is 1. The maximum absolute atomic E-state index is 12.2. The normalized spacial score (nSPS) is 25.4. The quantitative estimate of drug-likeness (QED) is 0.670. The number of Topliss-reactive ketones (excluding diaryl/α,β-unsaturated/α-hetero) is 1. The molecule has 0 spiro atoms. The minimum atomic E-state index is 0.208. The Labute approximate surface area is 165 Å². The number of hydrogen-bond donors (Lipinski definition) is 0. The van der Waals surface area contributed by atoms with Crippen molar-refractivity contribution in [1.82, 2.24) is 14.7 Å². The van der Waals surface area contributed by atoms with Gasteiger partial charge >= 0.3 is 0 Å². The second-order valence-corrected chi connectivity index (χ2v) is 9.54. The topological polar surface area (TPSA) is 38.1 Å². The van der Waals surface area contributed by atoms with Crippen molar-refractivity contribution in [1.29, 1.82) is 0 Å². The minimum Gasteiger partial charge on any atom is -0.303 e. The molecular formula is C23H39N3O. The second-order valence-electron chi connectivity index (χ2n) is 9.54. The van der Waals surface area contributed by atoms with Crippen molar-refractivity contribution >= 4 is 5.78 Å². The molecule has 1 aliphatic heterocycles. The molecule has 0 aromatic carbocycles. The van der Waals surface area contributed by atoms with Crippen LogP contribution in [0.1, 0.15) is 90.2 Å². The first-order valence-electron chi connectivity index (χ1n) is 11.2. The molecule has 27 heavy (non-hydrogen) atoms. The van der Waals surface area contributed by atoms with Crippen LogP contribution in [-0.4, -0.2) is 40.1 Å². The Bertz CT molecular complexity index is 591. The van der Waals surface area contributed by atoms with Gasteiger partial charge in [-0.15, -0.1) is 0 Å². The van der Waals surface area contributed by atoms with E-state index in [1.807, 2.05) is 20.0 Å². The van der Waals surface area contributed by atoms with Crippen LogP contribution in [0, 0.1) is 17.8 Å². The highest BCUT2D eigenvalue weighted by Crippen LogP contribution is 2.33. The molecule has 152 valence electrons. The molecule has 1 aromatic heterocycles. The van der Waals surface area contributed by atoms with Crippen LogP contribution in [0.2, 0.25) is 0 Å². The molecule has 0 atom stereocenters. The number of nitrogens with zero attached hydrogens (tertiary/aromatic N) is 3. The van der Waals surface area contributed by atoms with Crippen molar-refractivity contribution in [2.45, 2.75) is 84.6 Å². The molecule has 2 heterocycles. The van der Waals surface area contributed by atoms with Crippen molar-refractivity contribution in [3.05, 3.63) is 18.0 Å². The Morgan fingerprint density at radius 2 is 1.74 bits per heavy atom. The third-order valence-electron chi connectivity index (χ3n) is 6.89. The molecule has 1 aromatic rings. The molecule has 3 rings (SSSR count). The predicted molar refractivity (Wildman–Crippen MR) is 111 cm³/mol. The average molecular weight is 374 g/mol. The van der Waals surface area contributed by atoms with Gasteiger partial charge in [0.05, 0.1) is 12.2 Å². The summed E-state index contributed by atoms with van der Waals surface area (Å²) in [5.41, 5.74) is 1.35. The van der Waals surface area contributed by atoms with Gasteiger partial charge in [-0.05, 0) is 68.9 Å². The highest BCUT2D eigenvalue weighted by Gasteiger charge is 2.28. The fourth-order valence-electron chi connectivity index (χ4n) is 4.83. The van der Waals surface area contributed by atoms with Gasteiger partial charge in [-0.2, -0.15) is 5.10 Å². The lowest BCUT2D eigenvalue weighted by Gasteiger charge is -2.34. The van der Waals surface area contributed by atoms with E-state index in [4.69, 9.17) is 0 Å². The number of carbonyl (C=O) groups is 1. The van der Waals surface area contributed by atoms with E-state index >= 15 is 0 Å². The number of rotatable bonds is 7. The van der Waals surface area contributed by atoms with E-state index in [1.165, 1.54) is 57.3 Å². The van der Waals surface area contributed by atoms with Crippen LogP contribution >= 0.6 is 0 Å². The Morgan fingerprint density at radius 1 is 1.07 bits per heavy atom. The van der Waals surface area contributed by atoms with Crippen LogP contribution in [0.4, 0.5) is 0 Å². The lowest BCUT2D eigenvalue weighted by Crippen LogP contribution is -2.36. The Kier molecular flexibility index (Phi) is 7.13. The summed E-state index contributed by atoms with van der Waals surface area (Å²) in [6.45, 7) is 12.2. The van der Waals surface area contributed by atoms with E-state index in [0.29, 0.717) is 23.7 Å². The van der Waals surface area contributed by atoms with Gasteiger partial charge in [0.15, 0.2) is 0 Å². The van der Waals surface area contributed by atoms with Gasteiger partial charge in [-0.25, -0.2) is 0 Å². The standard InChI is InChI=1S/C23H39N3O/c1-17(2)21-15-24-26(16-21)22-10-13-25(14-11-22)12-9-19-5-7-20(8-6-19)23(27)18(3)4/h15-20,22H,5-14H2,1-4H3/t19-,20-. The van der Waals surface area contributed by atoms with Crippen molar-refractivity contribution in [3.63, 3.8) is 0 Å². The Balaban J connectivity index is 1.36. The van der Waals surface area contributed by atoms with Crippen molar-refractivity contribution in [2.24, 2.45) is 17.8 Å². The predicted octanol–water partition coefficient (Wildman–Crippen LogP) is 5.07. The molecule has 0 bridgehead atoms. The Morgan fingerprint density at radius 3 is 2.30 bits per heavy atom. The third-order valence-corrected chi connectivity index (χ3v) is 6.89. The van der Waals surface area contributed by atoms with E-state index < -0.39 is 0 Å². The molecule has 0 amide bonds. The van der Waals surface area contributed by atoms with Crippen molar-refractivity contribution in [2.75, 3.05) is 19.6 Å². The van der Waals surface area contributed by atoms with Gasteiger partial charge in [0.25, 0.3) is 0 Å². The smallest absolute Gasteiger partial charge is 0.138 e. The van der Waals surface area contributed by atoms with E-state index in [1.54, 1.807) is 0 Å². The summed E-state index contributed by atoms with van der Waals surface area (Å²) in [6, 6.07) is 0.575. The summed E-state index contributed by atoms with van der Waals surface area (Å²) in [6.07, 6.45) is 12.8. The summed E-state index contributed by atoms with van der Waals surface area (Å²) in [4.78, 5) is 14.8. The first-order chi connectivity index (χ1) is 12.9. The summed E-state index contributed by atoms with van der Waals surface area (Å²) in [5, 5.41) is 4.61. The molecular weight excluding hydrogens is 334 g/mol. The zero-order chi connectivity index (χ0) is 19.4. The monoisotopic (exact) mass is 373 g/mol. The van der Waals surface area contributed by atoms with E-state index in [2.05, 4.69) is 34.7 Å². The number of aromatic nitrogens is 2. The largest absolute Gasteiger partial charge is 0.303 e. The van der Waals surface area contributed by atoms with E-state index in [9.17, 15) is 4.79 Å². The third kappa shape index (κ3) is 5.43. The highest BCUT2D eigenvalue weighted by molar-refractivity contribution is 5.82. The van der Waals surface area contributed by atoms with Gasteiger partial charge in [-0.3, -0.25) is 9.48 Å². The van der Waals surface area contributed by atoms with Crippen LogP contribution < -0.4 is 0 Å². The molecule has 1 saturated heterocycles. The lowest BCUT2D eigenvalue weighted by molar-refractivity contribution is -0.127. The number of carbonyl (C=O) groups excluding carboxylic acids is 1. The molecule has 0 radical (unpaired) electrons. The molecule has 4 heteroatoms. The van der Waals surface area contributed by atoms with Gasteiger partial charge in [0.2, 0.25) is 0 Å². The van der Waals surface area contributed by atoms with Crippen LogP contribution in [0.3, 0.4) is 0 Å². The summed E-state index contributed by atoms with van der Waals surface area (Å²) in [5.74, 6) is 2.44. The van der Waals surface area contributed by atoms with Crippen molar-refractivity contribution < 1.29 is 4.79 Å². The number of hydrogen-bond acceptors (Lipinski definition) is 3. The molecule has 0 N–H and O–H groups in total. The van der Waals surface area contributed by atoms with Crippen LogP contribution in [-0.2, 0) is 4.79 Å². The van der Waals surface area contributed by atoms with Gasteiger partial charge < -0.3 is 4.90 Å². The molecule has 1 aliphatic carbocycles. The number of ketones is 1. The minimum absolute atomic E-state index is 0.208. The lowest BCUT2D eigenvalue weighted by atomic mass is 9.77. The highest BCUT2D eigenvalue weighted by atomic mass is 16.1. The van der Waals surface area contributed by atoms with Crippen LogP contribution in [0.5, 0.6) is 0 Å². The number of likely N-dealkylation sites (tertiary alicyclic amines) is 1. The summed E-state index contributed by atoms with van der Waals surface area (Å²) >= 11 is 0. The molecule has 0 unspecified atom stereocenters. The van der Waals surface area contributed by atoms with Gasteiger partial charge in [0.1, 0.15) is 5.78 Å². The van der Waals surface area contributed by atoms with Crippen LogP contribution in [0.25, 0.3) is 0 Å². The molecule has 2 aliphatic rings. The maximum Gasteiger partial charge on any atom is 0.138 e. The Hall–Kier alpha value is -1.16. The zero-order valence-corrected chi connectivity index (χ0v) is 17.9. The van der Waals surface area contributed by atoms with E-state index in [0.717, 1.165) is 18.8 Å². The van der Waals surface area contributed by atoms with Crippen molar-refractivity contribution in [3.8, 4) is 0 Å². The summed E-state index contributed by atoms with van der Waals surface area (Å²) < 4.78 is 2.21. The van der Waals surface area contributed by atoms with E-state index in [-0.39, 0.29) is 5.92 Å². The average Bonchev–Trinajstić information content (AvgIpc) is 3.17. The first-order valence-corrected chi connectivity index (χ1v) is 11.2. The molecule has 4 nitrogen and oxygen atoms in total. The second kappa shape index (κ2) is 9.36. The SMILES string of the molecule is CC(C)c1cnn(C2CCN(CC[C@H]3CC[C@H](C(=O)C(C)C)CC3)CC2)c1. The van der Waals surface area contributed by atoms with Gasteiger partial charge in [0, 0.05) is 31.1 Å². The summed E-state index contributed by atoms with van der Waals surface area (Å²) in [7, 11) is 0.